The molecule has 1 rings (SSSR count). The van der Waals surface area contributed by atoms with Crippen LogP contribution >= 0.6 is 22.6 Å². The van der Waals surface area contributed by atoms with Gasteiger partial charge in [0.25, 0.3) is 0 Å². The largest absolute Gasteiger partial charge is 0.224 e. The molecule has 0 saturated heterocycles. The number of sulfone groups is 1. The molecule has 14 heavy (non-hydrogen) atoms. The first-order valence-corrected chi connectivity index (χ1v) is 6.66. The van der Waals surface area contributed by atoms with E-state index < -0.39 is 9.84 Å². The number of hydrogen-bond donors (Lipinski definition) is 0. The maximum Gasteiger partial charge on any atom is 0.179 e. The first kappa shape index (κ1) is 11.5. The summed E-state index contributed by atoms with van der Waals surface area (Å²) in [5.41, 5.74) is 0.221. The minimum absolute atomic E-state index is 0.0161. The molecule has 0 atom stereocenters. The van der Waals surface area contributed by atoms with Gasteiger partial charge in [0.1, 0.15) is 6.07 Å². The van der Waals surface area contributed by atoms with Crippen LogP contribution in [0.1, 0.15) is 12.5 Å². The van der Waals surface area contributed by atoms with Crippen LogP contribution in [0.2, 0.25) is 0 Å². The van der Waals surface area contributed by atoms with Crippen LogP contribution in [0.5, 0.6) is 0 Å². The van der Waals surface area contributed by atoms with Crippen molar-refractivity contribution in [2.24, 2.45) is 0 Å². The van der Waals surface area contributed by atoms with Crippen molar-refractivity contribution in [3.05, 3.63) is 27.3 Å². The third-order valence-electron chi connectivity index (χ3n) is 1.78. The molecule has 0 saturated carbocycles. The summed E-state index contributed by atoms with van der Waals surface area (Å²) in [4.78, 5) is 0.128. The molecule has 5 heteroatoms. The Morgan fingerprint density at radius 2 is 2.14 bits per heavy atom. The maximum absolute atomic E-state index is 11.5. The van der Waals surface area contributed by atoms with Gasteiger partial charge in [0.05, 0.1) is 16.2 Å². The average molecular weight is 321 g/mol. The predicted octanol–water partition coefficient (Wildman–Crippen LogP) is 1.96. The zero-order valence-electron chi connectivity index (χ0n) is 7.49. The molecule has 74 valence electrons. The molecule has 0 aliphatic carbocycles. The molecule has 0 radical (unpaired) electrons. The molecule has 3 nitrogen and oxygen atoms in total. The zero-order valence-corrected chi connectivity index (χ0v) is 10.5. The third-order valence-corrected chi connectivity index (χ3v) is 4.23. The maximum atomic E-state index is 11.5. The molecule has 0 heterocycles. The lowest BCUT2D eigenvalue weighted by Gasteiger charge is -2.03. The van der Waals surface area contributed by atoms with Crippen LogP contribution in [0.3, 0.4) is 0 Å². The number of rotatable bonds is 2. The fraction of sp³-hybridized carbons (Fsp3) is 0.222. The van der Waals surface area contributed by atoms with E-state index in [2.05, 4.69) is 0 Å². The molecule has 0 bridgehead atoms. The second-order valence-corrected chi connectivity index (χ2v) is 6.15. The fourth-order valence-corrected chi connectivity index (χ4v) is 2.53. The van der Waals surface area contributed by atoms with Crippen LogP contribution in [0.25, 0.3) is 0 Å². The zero-order chi connectivity index (χ0) is 10.8. The molecule has 1 aromatic rings. The second kappa shape index (κ2) is 4.28. The highest BCUT2D eigenvalue weighted by Gasteiger charge is 2.16. The van der Waals surface area contributed by atoms with E-state index >= 15 is 0 Å². The molecule has 0 spiro atoms. The van der Waals surface area contributed by atoms with Crippen LogP contribution < -0.4 is 0 Å². The molecule has 0 unspecified atom stereocenters. The number of nitriles is 1. The highest BCUT2D eigenvalue weighted by Crippen LogP contribution is 2.19. The normalized spacial score (nSPS) is 10.9. The molecule has 0 aromatic heterocycles. The molecule has 0 aliphatic heterocycles. The second-order valence-electron chi connectivity index (χ2n) is 2.66. The van der Waals surface area contributed by atoms with Crippen LogP contribution in [-0.4, -0.2) is 14.2 Å². The van der Waals surface area contributed by atoms with Crippen LogP contribution in [0.15, 0.2) is 23.1 Å². The first-order valence-electron chi connectivity index (χ1n) is 3.93. The minimum atomic E-state index is -3.28. The van der Waals surface area contributed by atoms with E-state index in [1.165, 1.54) is 6.07 Å². The smallest absolute Gasteiger partial charge is 0.179 e. The van der Waals surface area contributed by atoms with E-state index in [1.807, 2.05) is 28.7 Å². The number of nitrogens with zero attached hydrogens (tertiary/aromatic N) is 1. The first-order chi connectivity index (χ1) is 6.51. The van der Waals surface area contributed by atoms with Crippen molar-refractivity contribution < 1.29 is 8.42 Å². The lowest BCUT2D eigenvalue weighted by molar-refractivity contribution is 0.597. The van der Waals surface area contributed by atoms with Crippen molar-refractivity contribution in [2.45, 2.75) is 11.8 Å². The fourth-order valence-electron chi connectivity index (χ4n) is 1.02. The molecular formula is C9H8INO2S. The topological polar surface area (TPSA) is 57.9 Å². The van der Waals surface area contributed by atoms with Gasteiger partial charge in [-0.05, 0) is 40.8 Å². The molecule has 0 aliphatic rings. The summed E-state index contributed by atoms with van der Waals surface area (Å²) in [5, 5.41) is 8.78. The van der Waals surface area contributed by atoms with Crippen molar-refractivity contribution in [2.75, 3.05) is 5.75 Å². The van der Waals surface area contributed by atoms with E-state index in [0.29, 0.717) is 0 Å². The van der Waals surface area contributed by atoms with Crippen molar-refractivity contribution in [1.82, 2.24) is 0 Å². The number of hydrogen-bond acceptors (Lipinski definition) is 3. The summed E-state index contributed by atoms with van der Waals surface area (Å²) < 4.78 is 23.9. The summed E-state index contributed by atoms with van der Waals surface area (Å²) in [6, 6.07) is 6.64. The van der Waals surface area contributed by atoms with Gasteiger partial charge in [0.15, 0.2) is 9.84 Å². The van der Waals surface area contributed by atoms with Crippen molar-refractivity contribution in [3.63, 3.8) is 0 Å². The summed E-state index contributed by atoms with van der Waals surface area (Å²) in [6.07, 6.45) is 0. The standard InChI is InChI=1S/C9H8INO2S/c1-2-14(12,13)9-4-3-8(10)5-7(9)6-11/h3-5H,2H2,1H3. The SMILES string of the molecule is CCS(=O)(=O)c1ccc(I)cc1C#N. The number of halogens is 1. The van der Waals surface area contributed by atoms with Gasteiger partial charge in [-0.25, -0.2) is 8.42 Å². The van der Waals surface area contributed by atoms with Crippen molar-refractivity contribution in [1.29, 1.82) is 5.26 Å². The average Bonchev–Trinajstić information content (AvgIpc) is 2.17. The highest BCUT2D eigenvalue weighted by atomic mass is 127. The quantitative estimate of drug-likeness (QED) is 0.783. The molecule has 1 aromatic carbocycles. The lowest BCUT2D eigenvalue weighted by Crippen LogP contribution is -2.06. The van der Waals surface area contributed by atoms with Crippen molar-refractivity contribution >= 4 is 32.4 Å². The Bertz CT molecular complexity index is 488. The van der Waals surface area contributed by atoms with E-state index in [4.69, 9.17) is 5.26 Å². The van der Waals surface area contributed by atoms with Gasteiger partial charge in [-0.2, -0.15) is 5.26 Å². The van der Waals surface area contributed by atoms with E-state index in [0.717, 1.165) is 3.57 Å². The van der Waals surface area contributed by atoms with Crippen LogP contribution in [0, 0.1) is 14.9 Å². The molecule has 0 N–H and O–H groups in total. The van der Waals surface area contributed by atoms with Gasteiger partial charge in [-0.15, -0.1) is 0 Å². The third kappa shape index (κ3) is 2.25. The minimum Gasteiger partial charge on any atom is -0.224 e. The van der Waals surface area contributed by atoms with Gasteiger partial charge in [0.2, 0.25) is 0 Å². The van der Waals surface area contributed by atoms with E-state index in [-0.39, 0.29) is 16.2 Å². The van der Waals surface area contributed by atoms with E-state index in [9.17, 15) is 8.42 Å². The Kier molecular flexibility index (Phi) is 3.50. The Morgan fingerprint density at radius 1 is 1.50 bits per heavy atom. The monoisotopic (exact) mass is 321 g/mol. The van der Waals surface area contributed by atoms with Gasteiger partial charge in [-0.1, -0.05) is 6.92 Å². The predicted molar refractivity (Wildman–Crippen MR) is 61.6 cm³/mol. The summed E-state index contributed by atoms with van der Waals surface area (Å²) >= 11 is 2.04. The van der Waals surface area contributed by atoms with Crippen molar-refractivity contribution in [3.8, 4) is 6.07 Å². The van der Waals surface area contributed by atoms with Crippen LogP contribution in [-0.2, 0) is 9.84 Å². The van der Waals surface area contributed by atoms with Gasteiger partial charge in [-0.3, -0.25) is 0 Å². The van der Waals surface area contributed by atoms with Gasteiger partial charge >= 0.3 is 0 Å². The Hall–Kier alpha value is -0.610. The van der Waals surface area contributed by atoms with Crippen LogP contribution in [0.4, 0.5) is 0 Å². The van der Waals surface area contributed by atoms with E-state index in [1.54, 1.807) is 19.1 Å². The Balaban J connectivity index is 3.45. The summed E-state index contributed by atoms with van der Waals surface area (Å²) in [6.45, 7) is 1.56. The highest BCUT2D eigenvalue weighted by molar-refractivity contribution is 14.1. The summed E-state index contributed by atoms with van der Waals surface area (Å²) in [7, 11) is -3.28. The molecule has 0 amide bonds. The molecule has 0 fully saturated rings. The lowest BCUT2D eigenvalue weighted by atomic mass is 10.2. The van der Waals surface area contributed by atoms with Gasteiger partial charge in [0, 0.05) is 3.57 Å². The number of benzene rings is 1. The molecular weight excluding hydrogens is 313 g/mol. The Morgan fingerprint density at radius 3 is 2.64 bits per heavy atom. The summed E-state index contributed by atoms with van der Waals surface area (Å²) in [5.74, 6) is 0.0161. The van der Waals surface area contributed by atoms with Gasteiger partial charge < -0.3 is 0 Å². The Labute approximate surface area is 96.8 Å².